The molecule has 0 saturated carbocycles. The van der Waals surface area contributed by atoms with Gasteiger partial charge in [0.15, 0.2) is 5.79 Å². The Labute approximate surface area is 117 Å². The van der Waals surface area contributed by atoms with Gasteiger partial charge in [-0.1, -0.05) is 0 Å². The molecule has 2 aliphatic rings. The predicted molar refractivity (Wildman–Crippen MR) is 73.8 cm³/mol. The standard InChI is InChI=1S/C14H18N2O4/c1-14(2)19-12-7-8-15(9-13(12)20-14)10-3-5-11(6-4-10)16(17)18/h3-6,12-13H,7-9H2,1-2H3. The van der Waals surface area contributed by atoms with Gasteiger partial charge in [-0.25, -0.2) is 0 Å². The van der Waals surface area contributed by atoms with Crippen LogP contribution in [0, 0.1) is 10.1 Å². The highest BCUT2D eigenvalue weighted by atomic mass is 16.8. The zero-order chi connectivity index (χ0) is 14.3. The number of non-ortho nitro benzene ring substituents is 1. The molecule has 6 heteroatoms. The summed E-state index contributed by atoms with van der Waals surface area (Å²) in [6, 6.07) is 6.66. The molecule has 3 rings (SSSR count). The van der Waals surface area contributed by atoms with Crippen molar-refractivity contribution in [3.63, 3.8) is 0 Å². The van der Waals surface area contributed by atoms with E-state index in [1.54, 1.807) is 12.1 Å². The summed E-state index contributed by atoms with van der Waals surface area (Å²) in [7, 11) is 0. The Balaban J connectivity index is 1.71. The summed E-state index contributed by atoms with van der Waals surface area (Å²) in [5, 5.41) is 10.7. The van der Waals surface area contributed by atoms with Crippen LogP contribution in [0.2, 0.25) is 0 Å². The minimum Gasteiger partial charge on any atom is -0.369 e. The van der Waals surface area contributed by atoms with Gasteiger partial charge in [0.05, 0.1) is 11.0 Å². The van der Waals surface area contributed by atoms with Gasteiger partial charge in [0.1, 0.15) is 6.10 Å². The number of anilines is 1. The molecule has 0 bridgehead atoms. The fraction of sp³-hybridized carbons (Fsp3) is 0.571. The summed E-state index contributed by atoms with van der Waals surface area (Å²) >= 11 is 0. The van der Waals surface area contributed by atoms with Gasteiger partial charge in [-0.15, -0.1) is 0 Å². The lowest BCUT2D eigenvalue weighted by atomic mass is 10.0. The van der Waals surface area contributed by atoms with Crippen molar-refractivity contribution in [2.24, 2.45) is 0 Å². The number of benzene rings is 1. The number of nitro benzene ring substituents is 1. The van der Waals surface area contributed by atoms with Crippen molar-refractivity contribution in [2.45, 2.75) is 38.3 Å². The second-order valence-electron chi connectivity index (χ2n) is 5.72. The molecule has 0 aliphatic carbocycles. The van der Waals surface area contributed by atoms with E-state index in [9.17, 15) is 10.1 Å². The van der Waals surface area contributed by atoms with Crippen molar-refractivity contribution in [1.29, 1.82) is 0 Å². The zero-order valence-corrected chi connectivity index (χ0v) is 11.6. The van der Waals surface area contributed by atoms with E-state index in [0.717, 1.165) is 25.2 Å². The SMILES string of the molecule is CC1(C)OC2CCN(c3ccc([N+](=O)[O-])cc3)CC2O1. The van der Waals surface area contributed by atoms with Crippen LogP contribution in [0.5, 0.6) is 0 Å². The fourth-order valence-electron chi connectivity index (χ4n) is 2.92. The topological polar surface area (TPSA) is 64.8 Å². The summed E-state index contributed by atoms with van der Waals surface area (Å²) in [6.45, 7) is 5.49. The number of piperidine rings is 1. The van der Waals surface area contributed by atoms with E-state index in [-0.39, 0.29) is 22.8 Å². The summed E-state index contributed by atoms with van der Waals surface area (Å²) < 4.78 is 11.7. The maximum Gasteiger partial charge on any atom is 0.269 e. The Hall–Kier alpha value is -1.66. The average Bonchev–Trinajstić information content (AvgIpc) is 2.71. The van der Waals surface area contributed by atoms with Crippen LogP contribution < -0.4 is 4.90 Å². The van der Waals surface area contributed by atoms with E-state index in [2.05, 4.69) is 4.90 Å². The molecule has 20 heavy (non-hydrogen) atoms. The van der Waals surface area contributed by atoms with Crippen molar-refractivity contribution in [2.75, 3.05) is 18.0 Å². The summed E-state index contributed by atoms with van der Waals surface area (Å²) in [4.78, 5) is 12.5. The number of hydrogen-bond donors (Lipinski definition) is 0. The molecular formula is C14H18N2O4. The minimum atomic E-state index is -0.513. The third-order valence-corrected chi connectivity index (χ3v) is 3.79. The first kappa shape index (κ1) is 13.3. The van der Waals surface area contributed by atoms with Crippen LogP contribution >= 0.6 is 0 Å². The van der Waals surface area contributed by atoms with Crippen LogP contribution in [0.3, 0.4) is 0 Å². The van der Waals surface area contributed by atoms with E-state index in [0.29, 0.717) is 0 Å². The molecule has 108 valence electrons. The second-order valence-corrected chi connectivity index (χ2v) is 5.72. The van der Waals surface area contributed by atoms with Gasteiger partial charge in [-0.3, -0.25) is 10.1 Å². The van der Waals surface area contributed by atoms with Gasteiger partial charge in [0, 0.05) is 30.9 Å². The first-order valence-corrected chi connectivity index (χ1v) is 6.80. The number of fused-ring (bicyclic) bond motifs is 1. The van der Waals surface area contributed by atoms with Crippen LogP contribution in [0.4, 0.5) is 11.4 Å². The molecule has 2 aliphatic heterocycles. The van der Waals surface area contributed by atoms with Gasteiger partial charge >= 0.3 is 0 Å². The van der Waals surface area contributed by atoms with E-state index in [1.807, 2.05) is 13.8 Å². The first-order chi connectivity index (χ1) is 9.44. The molecule has 0 aromatic heterocycles. The van der Waals surface area contributed by atoms with Crippen molar-refractivity contribution in [3.8, 4) is 0 Å². The van der Waals surface area contributed by atoms with E-state index in [4.69, 9.17) is 9.47 Å². The van der Waals surface area contributed by atoms with Crippen LogP contribution in [0.1, 0.15) is 20.3 Å². The number of nitrogens with zero attached hydrogens (tertiary/aromatic N) is 2. The highest BCUT2D eigenvalue weighted by molar-refractivity contribution is 5.51. The number of ether oxygens (including phenoxy) is 2. The molecule has 0 N–H and O–H groups in total. The third-order valence-electron chi connectivity index (χ3n) is 3.79. The average molecular weight is 278 g/mol. The smallest absolute Gasteiger partial charge is 0.269 e. The molecule has 6 nitrogen and oxygen atoms in total. The number of rotatable bonds is 2. The van der Waals surface area contributed by atoms with Crippen LogP contribution in [0.15, 0.2) is 24.3 Å². The molecule has 2 atom stereocenters. The lowest BCUT2D eigenvalue weighted by Gasteiger charge is -2.34. The first-order valence-electron chi connectivity index (χ1n) is 6.80. The number of nitro groups is 1. The van der Waals surface area contributed by atoms with Gasteiger partial charge < -0.3 is 14.4 Å². The van der Waals surface area contributed by atoms with Gasteiger partial charge in [0.2, 0.25) is 0 Å². The minimum absolute atomic E-state index is 0.0638. The Kier molecular flexibility index (Phi) is 3.14. The van der Waals surface area contributed by atoms with Crippen molar-refractivity contribution in [3.05, 3.63) is 34.4 Å². The monoisotopic (exact) mass is 278 g/mol. The summed E-state index contributed by atoms with van der Waals surface area (Å²) in [5.41, 5.74) is 1.10. The van der Waals surface area contributed by atoms with Gasteiger partial charge in [0.25, 0.3) is 5.69 Å². The molecule has 0 spiro atoms. The molecule has 1 aromatic rings. The second kappa shape index (κ2) is 4.71. The van der Waals surface area contributed by atoms with Gasteiger partial charge in [-0.05, 0) is 32.4 Å². The van der Waals surface area contributed by atoms with Crippen molar-refractivity contribution in [1.82, 2.24) is 0 Å². The van der Waals surface area contributed by atoms with E-state index >= 15 is 0 Å². The maximum atomic E-state index is 10.7. The summed E-state index contributed by atoms with van der Waals surface area (Å²) in [5.74, 6) is -0.513. The van der Waals surface area contributed by atoms with Gasteiger partial charge in [-0.2, -0.15) is 0 Å². The Bertz CT molecular complexity index is 514. The quantitative estimate of drug-likeness (QED) is 0.613. The van der Waals surface area contributed by atoms with Crippen molar-refractivity contribution < 1.29 is 14.4 Å². The molecule has 2 unspecified atom stereocenters. The van der Waals surface area contributed by atoms with Crippen LogP contribution in [-0.4, -0.2) is 36.0 Å². The third kappa shape index (κ3) is 2.48. The predicted octanol–water partition coefficient (Wildman–Crippen LogP) is 2.33. The molecular weight excluding hydrogens is 260 g/mol. The lowest BCUT2D eigenvalue weighted by molar-refractivity contribution is -0.384. The molecule has 0 amide bonds. The van der Waals surface area contributed by atoms with Crippen molar-refractivity contribution >= 4 is 11.4 Å². The fourth-order valence-corrected chi connectivity index (χ4v) is 2.92. The Morgan fingerprint density at radius 3 is 2.55 bits per heavy atom. The normalized spacial score (nSPS) is 28.2. The summed E-state index contributed by atoms with van der Waals surface area (Å²) in [6.07, 6.45) is 1.12. The lowest BCUT2D eigenvalue weighted by Crippen LogP contribution is -2.45. The highest BCUT2D eigenvalue weighted by Gasteiger charge is 2.44. The maximum absolute atomic E-state index is 10.7. The zero-order valence-electron chi connectivity index (χ0n) is 11.6. The Morgan fingerprint density at radius 1 is 1.25 bits per heavy atom. The molecule has 1 aromatic carbocycles. The molecule has 2 fully saturated rings. The van der Waals surface area contributed by atoms with E-state index in [1.165, 1.54) is 12.1 Å². The largest absolute Gasteiger partial charge is 0.369 e. The Morgan fingerprint density at radius 2 is 1.90 bits per heavy atom. The van der Waals surface area contributed by atoms with Crippen LogP contribution in [0.25, 0.3) is 0 Å². The molecule has 2 heterocycles. The number of hydrogen-bond acceptors (Lipinski definition) is 5. The van der Waals surface area contributed by atoms with E-state index < -0.39 is 5.79 Å². The van der Waals surface area contributed by atoms with Crippen LogP contribution in [-0.2, 0) is 9.47 Å². The molecule has 0 radical (unpaired) electrons. The molecule has 2 saturated heterocycles. The highest BCUT2D eigenvalue weighted by Crippen LogP contribution is 2.34.